The van der Waals surface area contributed by atoms with Crippen molar-refractivity contribution in [2.75, 3.05) is 5.32 Å². The first-order valence-corrected chi connectivity index (χ1v) is 8.10. The van der Waals surface area contributed by atoms with Crippen molar-refractivity contribution < 1.29 is 14.3 Å². The van der Waals surface area contributed by atoms with Gasteiger partial charge in [-0.3, -0.25) is 4.79 Å². The van der Waals surface area contributed by atoms with Crippen LogP contribution in [0.5, 0.6) is 0 Å². The number of fused-ring (bicyclic) bond motifs is 1. The summed E-state index contributed by atoms with van der Waals surface area (Å²) >= 11 is 2.76. The second-order valence-electron chi connectivity index (χ2n) is 4.44. The maximum absolute atomic E-state index is 12.0. The molecule has 0 fully saturated rings. The van der Waals surface area contributed by atoms with E-state index in [1.54, 1.807) is 29.1 Å². The van der Waals surface area contributed by atoms with Crippen LogP contribution in [0.25, 0.3) is 10.2 Å². The second-order valence-corrected chi connectivity index (χ2v) is 6.18. The summed E-state index contributed by atoms with van der Waals surface area (Å²) in [4.78, 5) is 31.3. The Balaban J connectivity index is 1.64. The van der Waals surface area contributed by atoms with Crippen molar-refractivity contribution in [3.8, 4) is 0 Å². The van der Waals surface area contributed by atoms with Crippen molar-refractivity contribution in [1.29, 1.82) is 0 Å². The van der Waals surface area contributed by atoms with E-state index in [4.69, 9.17) is 4.74 Å². The number of nitrogens with zero attached hydrogens (tertiary/aromatic N) is 2. The van der Waals surface area contributed by atoms with Gasteiger partial charge in [-0.1, -0.05) is 0 Å². The third-order valence-corrected chi connectivity index (χ3v) is 4.35. The number of carbonyl (C=O) groups is 2. The quantitative estimate of drug-likeness (QED) is 0.742. The highest BCUT2D eigenvalue weighted by Crippen LogP contribution is 2.20. The molecule has 1 amide bonds. The molecule has 0 saturated carbocycles. The Hall–Kier alpha value is -2.32. The molecule has 1 N–H and O–H groups in total. The lowest BCUT2D eigenvalue weighted by Gasteiger charge is -2.03. The number of amides is 1. The van der Waals surface area contributed by atoms with Crippen LogP contribution >= 0.6 is 22.7 Å². The van der Waals surface area contributed by atoms with Crippen LogP contribution in [0.15, 0.2) is 29.1 Å². The number of rotatable bonds is 4. The van der Waals surface area contributed by atoms with E-state index in [1.165, 1.54) is 29.6 Å². The predicted molar refractivity (Wildman–Crippen MR) is 85.2 cm³/mol. The minimum atomic E-state index is -0.413. The smallest absolute Gasteiger partial charge is 0.338 e. The Morgan fingerprint density at radius 2 is 2.18 bits per heavy atom. The number of anilines is 1. The normalized spacial score (nSPS) is 10.6. The largest absolute Gasteiger partial charge is 0.456 e. The number of esters is 1. The summed E-state index contributed by atoms with van der Waals surface area (Å²) in [6, 6.07) is 5.24. The van der Waals surface area contributed by atoms with Gasteiger partial charge in [-0.25, -0.2) is 14.8 Å². The van der Waals surface area contributed by atoms with E-state index in [0.717, 1.165) is 10.2 Å². The first kappa shape index (κ1) is 14.6. The molecule has 0 radical (unpaired) electrons. The van der Waals surface area contributed by atoms with Crippen molar-refractivity contribution in [2.24, 2.45) is 0 Å². The van der Waals surface area contributed by atoms with Gasteiger partial charge in [0.15, 0.2) is 5.13 Å². The molecule has 0 saturated heterocycles. The summed E-state index contributed by atoms with van der Waals surface area (Å²) in [6.07, 6.45) is 0. The lowest BCUT2D eigenvalue weighted by atomic mass is 10.2. The molecule has 0 aliphatic rings. The molecule has 3 aromatic rings. The summed E-state index contributed by atoms with van der Waals surface area (Å²) in [5.41, 5.74) is 3.68. The third kappa shape index (κ3) is 3.29. The Morgan fingerprint density at radius 3 is 3.00 bits per heavy atom. The van der Waals surface area contributed by atoms with Crippen LogP contribution in [0.1, 0.15) is 23.0 Å². The van der Waals surface area contributed by atoms with Crippen LogP contribution in [0, 0.1) is 0 Å². The van der Waals surface area contributed by atoms with Crippen molar-refractivity contribution in [3.05, 3.63) is 40.3 Å². The zero-order valence-electron chi connectivity index (χ0n) is 11.5. The molecule has 2 aromatic heterocycles. The standard InChI is InChI=1S/C14H11N3O3S2/c1-8(18)16-14-17-10(6-21-14)5-20-13(19)9-2-3-11-12(4-9)22-7-15-11/h2-4,6-7H,5H2,1H3,(H,16,17,18). The second kappa shape index (κ2) is 6.20. The van der Waals surface area contributed by atoms with Gasteiger partial charge in [-0.05, 0) is 18.2 Å². The summed E-state index contributed by atoms with van der Waals surface area (Å²) in [5.74, 6) is -0.597. The lowest BCUT2D eigenvalue weighted by Crippen LogP contribution is -2.07. The zero-order chi connectivity index (χ0) is 15.5. The molecule has 0 aliphatic carbocycles. The molecule has 6 nitrogen and oxygen atoms in total. The van der Waals surface area contributed by atoms with Crippen LogP contribution in [0.3, 0.4) is 0 Å². The van der Waals surface area contributed by atoms with Crippen molar-refractivity contribution >= 4 is 49.9 Å². The van der Waals surface area contributed by atoms with Crippen LogP contribution in [0.2, 0.25) is 0 Å². The number of benzene rings is 1. The maximum atomic E-state index is 12.0. The molecule has 0 unspecified atom stereocenters. The van der Waals surface area contributed by atoms with Gasteiger partial charge < -0.3 is 10.1 Å². The van der Waals surface area contributed by atoms with Crippen LogP contribution in [-0.4, -0.2) is 21.8 Å². The molecular formula is C14H11N3O3S2. The fraction of sp³-hybridized carbons (Fsp3) is 0.143. The van der Waals surface area contributed by atoms with Gasteiger partial charge in [0.25, 0.3) is 0 Å². The molecule has 0 atom stereocenters. The minimum Gasteiger partial charge on any atom is -0.456 e. The zero-order valence-corrected chi connectivity index (χ0v) is 13.2. The lowest BCUT2D eigenvalue weighted by molar-refractivity contribution is -0.114. The van der Waals surface area contributed by atoms with Gasteiger partial charge in [0, 0.05) is 12.3 Å². The first-order valence-electron chi connectivity index (χ1n) is 6.34. The van der Waals surface area contributed by atoms with Gasteiger partial charge in [-0.2, -0.15) is 0 Å². The molecule has 1 aromatic carbocycles. The average Bonchev–Trinajstić information content (AvgIpc) is 3.12. The molecule has 0 bridgehead atoms. The predicted octanol–water partition coefficient (Wildman–Crippen LogP) is 3.07. The molecule has 2 heterocycles. The van der Waals surface area contributed by atoms with Crippen LogP contribution < -0.4 is 5.32 Å². The highest BCUT2D eigenvalue weighted by atomic mass is 32.1. The van der Waals surface area contributed by atoms with E-state index in [0.29, 0.717) is 16.4 Å². The van der Waals surface area contributed by atoms with Gasteiger partial charge in [0.1, 0.15) is 6.61 Å². The molecule has 0 aliphatic heterocycles. The summed E-state index contributed by atoms with van der Waals surface area (Å²) in [5, 5.41) is 4.82. The number of hydrogen-bond acceptors (Lipinski definition) is 7. The number of ether oxygens (including phenoxy) is 1. The van der Waals surface area contributed by atoms with Crippen molar-refractivity contribution in [3.63, 3.8) is 0 Å². The summed E-state index contributed by atoms with van der Waals surface area (Å²) in [6.45, 7) is 1.48. The molecular weight excluding hydrogens is 322 g/mol. The molecule has 3 rings (SSSR count). The molecule has 112 valence electrons. The topological polar surface area (TPSA) is 81.2 Å². The summed E-state index contributed by atoms with van der Waals surface area (Å²) in [7, 11) is 0. The highest BCUT2D eigenvalue weighted by molar-refractivity contribution is 7.16. The van der Waals surface area contributed by atoms with Gasteiger partial charge in [0.2, 0.25) is 5.91 Å². The SMILES string of the molecule is CC(=O)Nc1nc(COC(=O)c2ccc3ncsc3c2)cs1. The maximum Gasteiger partial charge on any atom is 0.338 e. The molecule has 8 heteroatoms. The Labute approximate surface area is 133 Å². The van der Waals surface area contributed by atoms with E-state index >= 15 is 0 Å². The van der Waals surface area contributed by atoms with Crippen molar-refractivity contribution in [2.45, 2.75) is 13.5 Å². The van der Waals surface area contributed by atoms with Crippen molar-refractivity contribution in [1.82, 2.24) is 9.97 Å². The summed E-state index contributed by atoms with van der Waals surface area (Å²) < 4.78 is 6.18. The third-order valence-electron chi connectivity index (χ3n) is 2.75. The van der Waals surface area contributed by atoms with E-state index in [1.807, 2.05) is 0 Å². The van der Waals surface area contributed by atoms with E-state index in [-0.39, 0.29) is 12.5 Å². The fourth-order valence-corrected chi connectivity index (χ4v) is 3.24. The number of aromatic nitrogens is 2. The van der Waals surface area contributed by atoms with Crippen LogP contribution in [-0.2, 0) is 16.1 Å². The van der Waals surface area contributed by atoms with E-state index in [2.05, 4.69) is 15.3 Å². The fourth-order valence-electron chi connectivity index (χ4n) is 1.79. The van der Waals surface area contributed by atoms with Gasteiger partial charge in [0.05, 0.1) is 27.0 Å². The number of thiazole rings is 2. The first-order chi connectivity index (χ1) is 10.6. The number of nitrogens with one attached hydrogen (secondary N) is 1. The Bertz CT molecular complexity index is 841. The van der Waals surface area contributed by atoms with E-state index in [9.17, 15) is 9.59 Å². The van der Waals surface area contributed by atoms with Gasteiger partial charge in [-0.15, -0.1) is 22.7 Å². The Kier molecular flexibility index (Phi) is 4.12. The van der Waals surface area contributed by atoms with E-state index < -0.39 is 5.97 Å². The minimum absolute atomic E-state index is 0.0651. The average molecular weight is 333 g/mol. The number of carbonyl (C=O) groups excluding carboxylic acids is 2. The molecule has 0 spiro atoms. The van der Waals surface area contributed by atoms with Gasteiger partial charge >= 0.3 is 5.97 Å². The highest BCUT2D eigenvalue weighted by Gasteiger charge is 2.11. The monoisotopic (exact) mass is 333 g/mol. The Morgan fingerprint density at radius 1 is 1.32 bits per heavy atom. The number of hydrogen-bond donors (Lipinski definition) is 1. The van der Waals surface area contributed by atoms with Crippen LogP contribution in [0.4, 0.5) is 5.13 Å². The molecule has 22 heavy (non-hydrogen) atoms.